The number of carbonyl (C=O) groups is 1. The number of aromatic nitrogens is 3. The summed E-state index contributed by atoms with van der Waals surface area (Å²) < 4.78 is 7.60. The predicted molar refractivity (Wildman–Crippen MR) is 107 cm³/mol. The quantitative estimate of drug-likeness (QED) is 0.660. The molecule has 142 valence electrons. The molecule has 28 heavy (non-hydrogen) atoms. The lowest BCUT2D eigenvalue weighted by Crippen LogP contribution is -2.25. The third-order valence-corrected chi connectivity index (χ3v) is 5.75. The van der Waals surface area contributed by atoms with Crippen LogP contribution in [0.5, 0.6) is 0 Å². The highest BCUT2D eigenvalue weighted by Gasteiger charge is 2.35. The van der Waals surface area contributed by atoms with Crippen molar-refractivity contribution in [2.24, 2.45) is 12.0 Å². The fourth-order valence-electron chi connectivity index (χ4n) is 4.20. The first kappa shape index (κ1) is 17.4. The molecule has 1 aliphatic heterocycles. The van der Waals surface area contributed by atoms with Crippen molar-refractivity contribution in [2.45, 2.75) is 38.1 Å². The number of halogens is 1. The number of dihydropyridines is 1. The molecule has 0 saturated heterocycles. The van der Waals surface area contributed by atoms with E-state index in [-0.39, 0.29) is 5.78 Å². The van der Waals surface area contributed by atoms with Gasteiger partial charge >= 0.3 is 0 Å². The zero-order valence-electron chi connectivity index (χ0n) is 15.5. The molecular weight excluding hydrogens is 376 g/mol. The Kier molecular flexibility index (Phi) is 4.16. The second kappa shape index (κ2) is 6.71. The lowest BCUT2D eigenvalue weighted by molar-refractivity contribution is -0.116. The van der Waals surface area contributed by atoms with E-state index in [0.717, 1.165) is 40.9 Å². The number of carbonyl (C=O) groups excluding carboxylic acids is 1. The Balaban J connectivity index is 1.55. The summed E-state index contributed by atoms with van der Waals surface area (Å²) in [6.45, 7) is 0. The van der Waals surface area contributed by atoms with E-state index in [2.05, 4.69) is 10.1 Å². The molecule has 5 rings (SSSR count). The Morgan fingerprint density at radius 2 is 2.14 bits per heavy atom. The molecule has 3 heterocycles. The zero-order valence-corrected chi connectivity index (χ0v) is 16.2. The standard InChI is InChI=1S/C21H19ClN4O2/c1-26-21(14(22)11-23-26)20-19-12(5-4-7-16(19)27)9-13(24-20)10-18-25-15-6-2-3-8-17(15)28-18/h2-3,6,8,11,20H,4-5,7,9-10H2,1H3. The lowest BCUT2D eigenvalue weighted by atomic mass is 9.80. The molecule has 3 aromatic rings. The van der Waals surface area contributed by atoms with Crippen LogP contribution in [0.25, 0.3) is 11.1 Å². The molecule has 0 fully saturated rings. The first-order valence-corrected chi connectivity index (χ1v) is 9.80. The number of para-hydroxylation sites is 2. The van der Waals surface area contributed by atoms with Gasteiger partial charge in [-0.2, -0.15) is 5.10 Å². The number of oxazole rings is 1. The van der Waals surface area contributed by atoms with Crippen LogP contribution in [0.15, 0.2) is 51.0 Å². The van der Waals surface area contributed by atoms with Gasteiger partial charge in [-0.05, 0) is 25.0 Å². The summed E-state index contributed by atoms with van der Waals surface area (Å²) in [4.78, 5) is 22.2. The van der Waals surface area contributed by atoms with Gasteiger partial charge in [-0.1, -0.05) is 29.3 Å². The van der Waals surface area contributed by atoms with Crippen LogP contribution >= 0.6 is 11.6 Å². The van der Waals surface area contributed by atoms with Crippen molar-refractivity contribution in [3.8, 4) is 0 Å². The van der Waals surface area contributed by atoms with Crippen LogP contribution in [0.1, 0.15) is 43.3 Å². The molecular formula is C21H19ClN4O2. The van der Waals surface area contributed by atoms with Crippen LogP contribution in [0, 0.1) is 0 Å². The average molecular weight is 395 g/mol. The molecule has 1 unspecified atom stereocenters. The van der Waals surface area contributed by atoms with Gasteiger partial charge in [-0.3, -0.25) is 14.5 Å². The van der Waals surface area contributed by atoms with Gasteiger partial charge in [-0.25, -0.2) is 4.98 Å². The largest absolute Gasteiger partial charge is 0.440 e. The number of aryl methyl sites for hydroxylation is 1. The van der Waals surface area contributed by atoms with E-state index in [1.165, 1.54) is 5.57 Å². The van der Waals surface area contributed by atoms with Gasteiger partial charge in [0, 0.05) is 31.2 Å². The highest BCUT2D eigenvalue weighted by Crippen LogP contribution is 2.41. The van der Waals surface area contributed by atoms with Crippen molar-refractivity contribution in [3.05, 3.63) is 58.2 Å². The topological polar surface area (TPSA) is 73.3 Å². The number of ketones is 1. The molecule has 0 spiro atoms. The maximum Gasteiger partial charge on any atom is 0.201 e. The van der Waals surface area contributed by atoms with Gasteiger partial charge in [0.15, 0.2) is 11.4 Å². The highest BCUT2D eigenvalue weighted by molar-refractivity contribution is 6.31. The van der Waals surface area contributed by atoms with Crippen LogP contribution in [0.3, 0.4) is 0 Å². The maximum absolute atomic E-state index is 12.7. The molecule has 2 aromatic heterocycles. The van der Waals surface area contributed by atoms with Gasteiger partial charge in [-0.15, -0.1) is 0 Å². The number of aliphatic imine (C=N–C) groups is 1. The minimum Gasteiger partial charge on any atom is -0.440 e. The Morgan fingerprint density at radius 1 is 1.29 bits per heavy atom. The normalized spacial score (nSPS) is 19.9. The third-order valence-electron chi connectivity index (χ3n) is 5.46. The number of benzene rings is 1. The second-order valence-electron chi connectivity index (χ2n) is 7.32. The van der Waals surface area contributed by atoms with Gasteiger partial charge in [0.05, 0.1) is 23.3 Å². The van der Waals surface area contributed by atoms with E-state index in [9.17, 15) is 4.79 Å². The summed E-state index contributed by atoms with van der Waals surface area (Å²) in [6.07, 6.45) is 5.19. The number of hydrogen-bond acceptors (Lipinski definition) is 5. The lowest BCUT2D eigenvalue weighted by Gasteiger charge is -2.29. The number of fused-ring (bicyclic) bond motifs is 1. The Hall–Kier alpha value is -2.73. The SMILES string of the molecule is Cn1ncc(Cl)c1C1N=C(Cc2nc3ccccc3o2)CC2=C1C(=O)CCC2. The summed E-state index contributed by atoms with van der Waals surface area (Å²) in [5.41, 5.74) is 5.31. The number of allylic oxidation sites excluding steroid dienone is 1. The number of nitrogens with zero attached hydrogens (tertiary/aromatic N) is 4. The van der Waals surface area contributed by atoms with E-state index in [4.69, 9.17) is 21.0 Å². The zero-order chi connectivity index (χ0) is 19.3. The summed E-state index contributed by atoms with van der Waals surface area (Å²) in [6, 6.07) is 7.31. The Bertz CT molecular complexity index is 1100. The van der Waals surface area contributed by atoms with Crippen molar-refractivity contribution in [1.29, 1.82) is 0 Å². The van der Waals surface area contributed by atoms with Crippen LogP contribution in [0.4, 0.5) is 0 Å². The molecule has 0 saturated carbocycles. The smallest absolute Gasteiger partial charge is 0.201 e. The van der Waals surface area contributed by atoms with E-state index in [0.29, 0.717) is 30.2 Å². The highest BCUT2D eigenvalue weighted by atomic mass is 35.5. The van der Waals surface area contributed by atoms with E-state index in [1.54, 1.807) is 10.9 Å². The van der Waals surface area contributed by atoms with Crippen molar-refractivity contribution in [2.75, 3.05) is 0 Å². The van der Waals surface area contributed by atoms with Crippen LogP contribution in [-0.4, -0.2) is 26.3 Å². The van der Waals surface area contributed by atoms with Gasteiger partial charge in [0.1, 0.15) is 11.6 Å². The molecule has 0 radical (unpaired) electrons. The van der Waals surface area contributed by atoms with Crippen molar-refractivity contribution in [1.82, 2.24) is 14.8 Å². The first-order chi connectivity index (χ1) is 13.6. The van der Waals surface area contributed by atoms with E-state index in [1.807, 2.05) is 31.3 Å². The minimum atomic E-state index is -0.407. The summed E-state index contributed by atoms with van der Waals surface area (Å²) in [5.74, 6) is 0.814. The van der Waals surface area contributed by atoms with Crippen molar-refractivity contribution < 1.29 is 9.21 Å². The van der Waals surface area contributed by atoms with Crippen LogP contribution in [-0.2, 0) is 18.3 Å². The third kappa shape index (κ3) is 2.88. The first-order valence-electron chi connectivity index (χ1n) is 9.42. The maximum atomic E-state index is 12.7. The summed E-state index contributed by atoms with van der Waals surface area (Å²) in [5, 5.41) is 4.77. The predicted octanol–water partition coefficient (Wildman–Crippen LogP) is 4.39. The van der Waals surface area contributed by atoms with E-state index >= 15 is 0 Å². The number of rotatable bonds is 3. The molecule has 1 aromatic carbocycles. The van der Waals surface area contributed by atoms with Gasteiger partial charge in [0.2, 0.25) is 5.89 Å². The molecule has 7 heteroatoms. The minimum absolute atomic E-state index is 0.174. The molecule has 0 N–H and O–H groups in total. The van der Waals surface area contributed by atoms with Crippen LogP contribution < -0.4 is 0 Å². The average Bonchev–Trinajstić information content (AvgIpc) is 3.23. The molecule has 2 aliphatic rings. The molecule has 6 nitrogen and oxygen atoms in total. The fraction of sp³-hybridized carbons (Fsp3) is 0.333. The monoisotopic (exact) mass is 394 g/mol. The van der Waals surface area contributed by atoms with Crippen LogP contribution in [0.2, 0.25) is 5.02 Å². The molecule has 0 bridgehead atoms. The van der Waals surface area contributed by atoms with E-state index < -0.39 is 6.04 Å². The Morgan fingerprint density at radius 3 is 2.93 bits per heavy atom. The van der Waals surface area contributed by atoms with Crippen molar-refractivity contribution >= 4 is 34.2 Å². The van der Waals surface area contributed by atoms with Crippen molar-refractivity contribution in [3.63, 3.8) is 0 Å². The second-order valence-corrected chi connectivity index (χ2v) is 7.73. The number of hydrogen-bond donors (Lipinski definition) is 0. The fourth-order valence-corrected chi connectivity index (χ4v) is 4.47. The molecule has 0 amide bonds. The molecule has 1 aliphatic carbocycles. The summed E-state index contributed by atoms with van der Waals surface area (Å²) >= 11 is 6.40. The van der Waals surface area contributed by atoms with Gasteiger partial charge in [0.25, 0.3) is 0 Å². The summed E-state index contributed by atoms with van der Waals surface area (Å²) in [7, 11) is 1.83. The molecule has 1 atom stereocenters. The van der Waals surface area contributed by atoms with Gasteiger partial charge < -0.3 is 4.42 Å². The number of Topliss-reactive ketones (excluding diaryl/α,β-unsaturated/α-hetero) is 1. The Labute approximate surface area is 166 Å².